The second-order valence-electron chi connectivity index (χ2n) is 7.64. The van der Waals surface area contributed by atoms with E-state index in [0.29, 0.717) is 22.0 Å². The Morgan fingerprint density at radius 2 is 1.91 bits per heavy atom. The number of aromatic nitrogens is 3. The first-order chi connectivity index (χ1) is 15.2. The van der Waals surface area contributed by atoms with E-state index in [-0.39, 0.29) is 25.6 Å². The molecule has 2 aromatic carbocycles. The van der Waals surface area contributed by atoms with Crippen molar-refractivity contribution in [1.82, 2.24) is 19.7 Å². The minimum atomic E-state index is -4.42. The summed E-state index contributed by atoms with van der Waals surface area (Å²) in [6.07, 6.45) is -2.48. The van der Waals surface area contributed by atoms with Gasteiger partial charge in [-0.15, -0.1) is 5.10 Å². The lowest BCUT2D eigenvalue weighted by Gasteiger charge is -2.09. The van der Waals surface area contributed by atoms with Crippen molar-refractivity contribution < 1.29 is 18.0 Å². The molecule has 4 rings (SSSR count). The fourth-order valence-corrected chi connectivity index (χ4v) is 3.67. The molecule has 0 atom stereocenters. The van der Waals surface area contributed by atoms with E-state index in [1.807, 2.05) is 0 Å². The quantitative estimate of drug-likeness (QED) is 0.573. The number of halogens is 4. The molecular formula is C22H20ClF3N4O2. The maximum Gasteiger partial charge on any atom is 0.416 e. The van der Waals surface area contributed by atoms with Crippen LogP contribution in [-0.2, 0) is 23.9 Å². The van der Waals surface area contributed by atoms with E-state index in [1.165, 1.54) is 6.07 Å². The van der Waals surface area contributed by atoms with Crippen LogP contribution in [0.25, 0.3) is 11.4 Å². The number of nitrogens with one attached hydrogen (secondary N) is 1. The Bertz CT molecular complexity index is 1200. The minimum Gasteiger partial charge on any atom is -0.354 e. The largest absolute Gasteiger partial charge is 0.416 e. The van der Waals surface area contributed by atoms with Crippen LogP contribution >= 0.6 is 11.6 Å². The fraction of sp³-hybridized carbons (Fsp3) is 0.318. The monoisotopic (exact) mass is 464 g/mol. The van der Waals surface area contributed by atoms with Gasteiger partial charge in [0.2, 0.25) is 5.91 Å². The standard InChI is InChI=1S/C22H20ClF3N4O2/c23-18-7-2-1-6-17(18)20-28-29(21(32)30(20)16-8-9-16)13-19(31)27-11-10-14-4-3-5-15(12-14)22(24,25)26/h1-7,12,16H,8-11,13H2,(H,27,31). The highest BCUT2D eigenvalue weighted by atomic mass is 35.5. The molecule has 0 spiro atoms. The lowest BCUT2D eigenvalue weighted by atomic mass is 10.1. The molecule has 1 aliphatic rings. The number of benzene rings is 2. The van der Waals surface area contributed by atoms with Gasteiger partial charge in [-0.1, -0.05) is 41.9 Å². The highest BCUT2D eigenvalue weighted by Crippen LogP contribution is 2.37. The average molecular weight is 465 g/mol. The Balaban J connectivity index is 1.44. The minimum absolute atomic E-state index is 0.0338. The van der Waals surface area contributed by atoms with E-state index in [0.717, 1.165) is 29.7 Å². The highest BCUT2D eigenvalue weighted by Gasteiger charge is 2.32. The van der Waals surface area contributed by atoms with E-state index < -0.39 is 23.3 Å². The second-order valence-corrected chi connectivity index (χ2v) is 8.05. The molecule has 0 radical (unpaired) electrons. The molecule has 1 aliphatic carbocycles. The number of nitrogens with zero attached hydrogens (tertiary/aromatic N) is 3. The Kier molecular flexibility index (Phi) is 6.10. The maximum absolute atomic E-state index is 12.9. The third kappa shape index (κ3) is 4.88. The summed E-state index contributed by atoms with van der Waals surface area (Å²) in [6, 6.07) is 12.0. The molecule has 0 saturated heterocycles. The molecule has 0 aliphatic heterocycles. The van der Waals surface area contributed by atoms with Gasteiger partial charge in [-0.05, 0) is 43.0 Å². The van der Waals surface area contributed by atoms with Gasteiger partial charge in [-0.3, -0.25) is 9.36 Å². The lowest BCUT2D eigenvalue weighted by Crippen LogP contribution is -2.34. The maximum atomic E-state index is 12.9. The Labute approximate surface area is 186 Å². The molecule has 1 saturated carbocycles. The highest BCUT2D eigenvalue weighted by molar-refractivity contribution is 6.33. The molecule has 32 heavy (non-hydrogen) atoms. The van der Waals surface area contributed by atoms with Crippen molar-refractivity contribution in [1.29, 1.82) is 0 Å². The van der Waals surface area contributed by atoms with Crippen molar-refractivity contribution in [2.24, 2.45) is 0 Å². The van der Waals surface area contributed by atoms with Gasteiger partial charge in [-0.25, -0.2) is 9.48 Å². The van der Waals surface area contributed by atoms with Crippen LogP contribution in [-0.4, -0.2) is 26.8 Å². The summed E-state index contributed by atoms with van der Waals surface area (Å²) in [5.74, 6) is -0.0369. The first kappa shape index (κ1) is 22.1. The Hall–Kier alpha value is -3.07. The third-order valence-corrected chi connectivity index (χ3v) is 5.51. The zero-order chi connectivity index (χ0) is 22.9. The summed E-state index contributed by atoms with van der Waals surface area (Å²) in [5, 5.41) is 7.43. The first-order valence-corrected chi connectivity index (χ1v) is 10.5. The lowest BCUT2D eigenvalue weighted by molar-refractivity contribution is -0.137. The van der Waals surface area contributed by atoms with Crippen LogP contribution < -0.4 is 11.0 Å². The van der Waals surface area contributed by atoms with E-state index in [4.69, 9.17) is 11.6 Å². The van der Waals surface area contributed by atoms with E-state index in [9.17, 15) is 22.8 Å². The van der Waals surface area contributed by atoms with E-state index in [2.05, 4.69) is 10.4 Å². The fourth-order valence-electron chi connectivity index (χ4n) is 3.45. The number of alkyl halides is 3. The van der Waals surface area contributed by atoms with E-state index in [1.54, 1.807) is 34.9 Å². The van der Waals surface area contributed by atoms with Crippen molar-refractivity contribution in [2.75, 3.05) is 6.54 Å². The molecule has 1 amide bonds. The molecule has 10 heteroatoms. The van der Waals surface area contributed by atoms with Crippen LogP contribution in [0.1, 0.15) is 30.0 Å². The molecule has 6 nitrogen and oxygen atoms in total. The van der Waals surface area contributed by atoms with Crippen molar-refractivity contribution in [3.05, 3.63) is 75.2 Å². The zero-order valence-corrected chi connectivity index (χ0v) is 17.7. The SMILES string of the molecule is O=C(Cn1nc(-c2ccccc2Cl)n(C2CC2)c1=O)NCCc1cccc(C(F)(F)F)c1. The van der Waals surface area contributed by atoms with Gasteiger partial charge in [0.05, 0.1) is 10.6 Å². The van der Waals surface area contributed by atoms with Gasteiger partial charge in [-0.2, -0.15) is 13.2 Å². The van der Waals surface area contributed by atoms with Crippen LogP contribution in [0, 0.1) is 0 Å². The summed E-state index contributed by atoms with van der Waals surface area (Å²) in [4.78, 5) is 25.2. The zero-order valence-electron chi connectivity index (χ0n) is 16.9. The number of carbonyl (C=O) groups excluding carboxylic acids is 1. The van der Waals surface area contributed by atoms with Crippen LogP contribution in [0.15, 0.2) is 53.3 Å². The van der Waals surface area contributed by atoms with Gasteiger partial charge in [0.15, 0.2) is 5.82 Å². The molecule has 1 heterocycles. The average Bonchev–Trinajstić information content (AvgIpc) is 3.53. The van der Waals surface area contributed by atoms with Crippen molar-refractivity contribution in [2.45, 2.75) is 38.0 Å². The predicted octanol–water partition coefficient (Wildman–Crippen LogP) is 4.08. The number of carbonyl (C=O) groups is 1. The number of hydrogen-bond donors (Lipinski definition) is 1. The predicted molar refractivity (Wildman–Crippen MR) is 113 cm³/mol. The Morgan fingerprint density at radius 3 is 2.59 bits per heavy atom. The topological polar surface area (TPSA) is 68.9 Å². The van der Waals surface area contributed by atoms with Crippen molar-refractivity contribution in [3.63, 3.8) is 0 Å². The molecule has 1 fully saturated rings. The molecule has 3 aromatic rings. The molecule has 168 valence electrons. The van der Waals surface area contributed by atoms with Gasteiger partial charge in [0.1, 0.15) is 6.54 Å². The summed E-state index contributed by atoms with van der Waals surface area (Å²) >= 11 is 6.27. The van der Waals surface area contributed by atoms with Crippen LogP contribution in [0.5, 0.6) is 0 Å². The smallest absolute Gasteiger partial charge is 0.354 e. The Morgan fingerprint density at radius 1 is 1.16 bits per heavy atom. The third-order valence-electron chi connectivity index (χ3n) is 5.18. The van der Waals surface area contributed by atoms with Crippen LogP contribution in [0.2, 0.25) is 5.02 Å². The van der Waals surface area contributed by atoms with E-state index >= 15 is 0 Å². The molecule has 1 aromatic heterocycles. The summed E-state index contributed by atoms with van der Waals surface area (Å²) in [5.41, 5.74) is -0.0563. The normalized spacial score (nSPS) is 13.9. The van der Waals surface area contributed by atoms with Crippen molar-refractivity contribution in [3.8, 4) is 11.4 Å². The molecule has 0 unspecified atom stereocenters. The van der Waals surface area contributed by atoms with Crippen LogP contribution in [0.3, 0.4) is 0 Å². The second kappa shape index (κ2) is 8.82. The number of amides is 1. The summed E-state index contributed by atoms with van der Waals surface area (Å²) < 4.78 is 41.1. The first-order valence-electron chi connectivity index (χ1n) is 10.1. The van der Waals surface area contributed by atoms with Gasteiger partial charge in [0.25, 0.3) is 0 Å². The van der Waals surface area contributed by atoms with Gasteiger partial charge >= 0.3 is 11.9 Å². The molecule has 0 bridgehead atoms. The summed E-state index contributed by atoms with van der Waals surface area (Å²) in [7, 11) is 0. The molecule has 1 N–H and O–H groups in total. The van der Waals surface area contributed by atoms with Crippen molar-refractivity contribution >= 4 is 17.5 Å². The summed E-state index contributed by atoms with van der Waals surface area (Å²) in [6.45, 7) is -0.159. The van der Waals surface area contributed by atoms with Crippen LogP contribution in [0.4, 0.5) is 13.2 Å². The van der Waals surface area contributed by atoms with Gasteiger partial charge < -0.3 is 5.32 Å². The van der Waals surface area contributed by atoms with Gasteiger partial charge in [0, 0.05) is 18.2 Å². The molecular weight excluding hydrogens is 445 g/mol. The number of hydrogen-bond acceptors (Lipinski definition) is 3. The number of rotatable bonds is 7.